The topological polar surface area (TPSA) is 34.1 Å². The number of benzene rings is 1. The Kier molecular flexibility index (Phi) is 4.27. The smallest absolute Gasteiger partial charge is 0.125 e. The number of aromatic nitrogens is 1. The molecule has 1 heterocycles. The maximum atomic E-state index is 6.00. The molecule has 3 nitrogen and oxygen atoms in total. The van der Waals surface area contributed by atoms with Crippen molar-refractivity contribution in [1.82, 2.24) is 4.98 Å². The average Bonchev–Trinajstić information content (AvgIpc) is 2.38. The molecule has 0 fully saturated rings. The summed E-state index contributed by atoms with van der Waals surface area (Å²) in [5, 5.41) is 3.72. The number of hydrogen-bond donors (Lipinski definition) is 1. The number of rotatable bonds is 4. The van der Waals surface area contributed by atoms with Crippen LogP contribution in [0.25, 0.3) is 0 Å². The molecule has 0 amide bonds. The molecule has 1 N–H and O–H groups in total. The predicted octanol–water partition coefficient (Wildman–Crippen LogP) is 3.97. The van der Waals surface area contributed by atoms with Gasteiger partial charge in [-0.25, -0.2) is 4.98 Å². The van der Waals surface area contributed by atoms with Crippen LogP contribution < -0.4 is 10.1 Å². The van der Waals surface area contributed by atoms with E-state index in [0.29, 0.717) is 6.61 Å². The molecule has 0 aliphatic carbocycles. The molecule has 0 bridgehead atoms. The van der Waals surface area contributed by atoms with Crippen LogP contribution in [0.15, 0.2) is 30.5 Å². The maximum Gasteiger partial charge on any atom is 0.125 e. The fraction of sp³-hybridized carbons (Fsp3) is 0.267. The first-order valence-electron chi connectivity index (χ1n) is 6.12. The summed E-state index contributed by atoms with van der Waals surface area (Å²) in [7, 11) is 1.85. The molecule has 0 spiro atoms. The molecule has 1 aromatic carbocycles. The molecule has 0 saturated carbocycles. The highest BCUT2D eigenvalue weighted by molar-refractivity contribution is 6.30. The third kappa shape index (κ3) is 3.38. The van der Waals surface area contributed by atoms with Gasteiger partial charge in [0.1, 0.15) is 18.2 Å². The van der Waals surface area contributed by atoms with Crippen LogP contribution in [-0.4, -0.2) is 12.0 Å². The first kappa shape index (κ1) is 13.7. The van der Waals surface area contributed by atoms with Gasteiger partial charge < -0.3 is 10.1 Å². The Morgan fingerprint density at radius 1 is 1.21 bits per heavy atom. The molecule has 4 heteroatoms. The fourth-order valence-electron chi connectivity index (χ4n) is 1.94. The molecule has 19 heavy (non-hydrogen) atoms. The highest BCUT2D eigenvalue weighted by atomic mass is 35.5. The second-order valence-corrected chi connectivity index (χ2v) is 4.90. The van der Waals surface area contributed by atoms with E-state index >= 15 is 0 Å². The van der Waals surface area contributed by atoms with E-state index in [-0.39, 0.29) is 0 Å². The van der Waals surface area contributed by atoms with Crippen LogP contribution in [0.3, 0.4) is 0 Å². The zero-order chi connectivity index (χ0) is 13.8. The Morgan fingerprint density at radius 3 is 2.42 bits per heavy atom. The predicted molar refractivity (Wildman–Crippen MR) is 79.0 cm³/mol. The Hall–Kier alpha value is -1.74. The lowest BCUT2D eigenvalue weighted by molar-refractivity contribution is 0.301. The van der Waals surface area contributed by atoms with Crippen molar-refractivity contribution in [3.05, 3.63) is 52.2 Å². The van der Waals surface area contributed by atoms with E-state index in [0.717, 1.165) is 33.3 Å². The van der Waals surface area contributed by atoms with E-state index in [1.54, 1.807) is 0 Å². The van der Waals surface area contributed by atoms with Gasteiger partial charge >= 0.3 is 0 Å². The van der Waals surface area contributed by atoms with Gasteiger partial charge in [-0.15, -0.1) is 0 Å². The first-order valence-corrected chi connectivity index (χ1v) is 6.50. The van der Waals surface area contributed by atoms with E-state index in [1.807, 2.05) is 51.4 Å². The van der Waals surface area contributed by atoms with E-state index < -0.39 is 0 Å². The minimum absolute atomic E-state index is 0.500. The quantitative estimate of drug-likeness (QED) is 0.917. The van der Waals surface area contributed by atoms with Crippen molar-refractivity contribution < 1.29 is 4.74 Å². The van der Waals surface area contributed by atoms with Crippen molar-refractivity contribution in [2.45, 2.75) is 20.5 Å². The normalized spacial score (nSPS) is 10.3. The highest BCUT2D eigenvalue weighted by Crippen LogP contribution is 2.27. The van der Waals surface area contributed by atoms with E-state index in [2.05, 4.69) is 10.3 Å². The minimum atomic E-state index is 0.500. The lowest BCUT2D eigenvalue weighted by Gasteiger charge is -2.12. The van der Waals surface area contributed by atoms with Crippen LogP contribution in [0.2, 0.25) is 5.02 Å². The van der Waals surface area contributed by atoms with Crippen LogP contribution in [0.5, 0.6) is 5.75 Å². The van der Waals surface area contributed by atoms with Gasteiger partial charge in [0.05, 0.1) is 0 Å². The Morgan fingerprint density at radius 2 is 1.89 bits per heavy atom. The fourth-order valence-corrected chi connectivity index (χ4v) is 2.27. The standard InChI is InChI=1S/C15H17ClN2O/c1-10-6-13(16)7-11(2)15(10)19-9-12-4-5-14(17-3)18-8-12/h4-8H,9H2,1-3H3,(H,17,18). The number of nitrogens with zero attached hydrogens (tertiary/aromatic N) is 1. The monoisotopic (exact) mass is 276 g/mol. The third-order valence-electron chi connectivity index (χ3n) is 2.89. The lowest BCUT2D eigenvalue weighted by Crippen LogP contribution is -2.00. The molecule has 2 aromatic rings. The average molecular weight is 277 g/mol. The van der Waals surface area contributed by atoms with E-state index in [9.17, 15) is 0 Å². The third-order valence-corrected chi connectivity index (χ3v) is 3.11. The van der Waals surface area contributed by atoms with Gasteiger partial charge in [0.25, 0.3) is 0 Å². The second-order valence-electron chi connectivity index (χ2n) is 4.46. The summed E-state index contributed by atoms with van der Waals surface area (Å²) in [6.07, 6.45) is 1.81. The summed E-state index contributed by atoms with van der Waals surface area (Å²) in [4.78, 5) is 4.26. The van der Waals surface area contributed by atoms with Gasteiger partial charge in [-0.3, -0.25) is 0 Å². The van der Waals surface area contributed by atoms with E-state index in [1.165, 1.54) is 0 Å². The maximum absolute atomic E-state index is 6.00. The number of aryl methyl sites for hydroxylation is 2. The van der Waals surface area contributed by atoms with E-state index in [4.69, 9.17) is 16.3 Å². The number of anilines is 1. The summed E-state index contributed by atoms with van der Waals surface area (Å²) in [5.41, 5.74) is 3.13. The Labute approximate surface area is 118 Å². The Bertz CT molecular complexity index is 544. The summed E-state index contributed by atoms with van der Waals surface area (Å²) in [6, 6.07) is 7.75. The summed E-state index contributed by atoms with van der Waals surface area (Å²) in [5.74, 6) is 1.74. The molecule has 100 valence electrons. The van der Waals surface area contributed by atoms with Crippen LogP contribution in [0.1, 0.15) is 16.7 Å². The van der Waals surface area contributed by atoms with Crippen LogP contribution in [0, 0.1) is 13.8 Å². The van der Waals surface area contributed by atoms with Crippen molar-refractivity contribution in [3.8, 4) is 5.75 Å². The highest BCUT2D eigenvalue weighted by Gasteiger charge is 2.06. The number of pyridine rings is 1. The van der Waals surface area contributed by atoms with Crippen molar-refractivity contribution in [3.63, 3.8) is 0 Å². The van der Waals surface area contributed by atoms with Crippen molar-refractivity contribution in [2.24, 2.45) is 0 Å². The van der Waals surface area contributed by atoms with Crippen molar-refractivity contribution in [1.29, 1.82) is 0 Å². The van der Waals surface area contributed by atoms with Gasteiger partial charge in [0.15, 0.2) is 0 Å². The summed E-state index contributed by atoms with van der Waals surface area (Å²) < 4.78 is 5.86. The van der Waals surface area contributed by atoms with Crippen molar-refractivity contribution in [2.75, 3.05) is 12.4 Å². The molecular weight excluding hydrogens is 260 g/mol. The number of hydrogen-bond acceptors (Lipinski definition) is 3. The number of ether oxygens (including phenoxy) is 1. The molecule has 0 unspecified atom stereocenters. The minimum Gasteiger partial charge on any atom is -0.488 e. The van der Waals surface area contributed by atoms with Gasteiger partial charge in [-0.2, -0.15) is 0 Å². The molecular formula is C15H17ClN2O. The van der Waals surface area contributed by atoms with Crippen LogP contribution >= 0.6 is 11.6 Å². The molecule has 0 radical (unpaired) electrons. The number of nitrogens with one attached hydrogen (secondary N) is 1. The number of halogens is 1. The molecule has 0 aliphatic heterocycles. The van der Waals surface area contributed by atoms with Gasteiger partial charge in [-0.1, -0.05) is 17.7 Å². The zero-order valence-electron chi connectivity index (χ0n) is 11.3. The molecule has 0 aliphatic rings. The zero-order valence-corrected chi connectivity index (χ0v) is 12.1. The molecule has 0 saturated heterocycles. The summed E-state index contributed by atoms with van der Waals surface area (Å²) in [6.45, 7) is 4.49. The largest absolute Gasteiger partial charge is 0.488 e. The molecule has 0 atom stereocenters. The summed E-state index contributed by atoms with van der Waals surface area (Å²) >= 11 is 6.00. The first-order chi connectivity index (χ1) is 9.10. The Balaban J connectivity index is 2.10. The lowest BCUT2D eigenvalue weighted by atomic mass is 10.1. The molecule has 2 rings (SSSR count). The van der Waals surface area contributed by atoms with Gasteiger partial charge in [0, 0.05) is 23.8 Å². The van der Waals surface area contributed by atoms with Crippen LogP contribution in [0.4, 0.5) is 5.82 Å². The van der Waals surface area contributed by atoms with Crippen molar-refractivity contribution >= 4 is 17.4 Å². The second kappa shape index (κ2) is 5.93. The van der Waals surface area contributed by atoms with Crippen LogP contribution in [-0.2, 0) is 6.61 Å². The SMILES string of the molecule is CNc1ccc(COc2c(C)cc(Cl)cc2C)cn1. The molecule has 1 aromatic heterocycles. The van der Waals surface area contributed by atoms with Gasteiger partial charge in [0.2, 0.25) is 0 Å². The van der Waals surface area contributed by atoms with Gasteiger partial charge in [-0.05, 0) is 43.2 Å².